The normalized spacial score (nSPS) is 33.6. The van der Waals surface area contributed by atoms with Gasteiger partial charge in [0.1, 0.15) is 0 Å². The fourth-order valence-corrected chi connectivity index (χ4v) is 3.69. The van der Waals surface area contributed by atoms with E-state index in [2.05, 4.69) is 24.6 Å². The molecule has 94 valence electrons. The minimum atomic E-state index is -0.414. The molecule has 2 aliphatic carbocycles. The fraction of sp³-hybridized carbons (Fsp3) is 0.400. The van der Waals surface area contributed by atoms with Crippen molar-refractivity contribution < 1.29 is 0 Å². The summed E-state index contributed by atoms with van der Waals surface area (Å²) in [6.45, 7) is 6.08. The van der Waals surface area contributed by atoms with Crippen molar-refractivity contribution >= 4 is 0 Å². The third kappa shape index (κ3) is 1.44. The van der Waals surface area contributed by atoms with Crippen molar-refractivity contribution in [1.82, 2.24) is 4.98 Å². The molecule has 0 aliphatic heterocycles. The molecule has 0 amide bonds. The summed E-state index contributed by atoms with van der Waals surface area (Å²) < 4.78 is 0. The second-order valence-corrected chi connectivity index (χ2v) is 5.57. The highest BCUT2D eigenvalue weighted by Gasteiger charge is 2.46. The van der Waals surface area contributed by atoms with Crippen molar-refractivity contribution in [2.45, 2.75) is 25.3 Å². The highest BCUT2D eigenvalue weighted by atomic mass is 16.1. The number of nitrogens with two attached hydrogens (primary N) is 1. The van der Waals surface area contributed by atoms with Crippen LogP contribution in [0.1, 0.15) is 24.6 Å². The summed E-state index contributed by atoms with van der Waals surface area (Å²) >= 11 is 0. The Morgan fingerprint density at radius 3 is 3.06 bits per heavy atom. The van der Waals surface area contributed by atoms with E-state index in [4.69, 9.17) is 5.73 Å². The maximum atomic E-state index is 11.4. The lowest BCUT2D eigenvalue weighted by atomic mass is 9.60. The first-order chi connectivity index (χ1) is 8.54. The van der Waals surface area contributed by atoms with Gasteiger partial charge in [0.25, 0.3) is 0 Å². The molecule has 3 atom stereocenters. The van der Waals surface area contributed by atoms with Crippen LogP contribution in [0.3, 0.4) is 0 Å². The number of H-pyrrole nitrogens is 1. The van der Waals surface area contributed by atoms with Gasteiger partial charge in [-0.2, -0.15) is 0 Å². The van der Waals surface area contributed by atoms with Crippen LogP contribution < -0.4 is 11.3 Å². The molecule has 18 heavy (non-hydrogen) atoms. The molecule has 0 spiro atoms. The molecular formula is C15H18N2O. The molecule has 1 aromatic heterocycles. The Morgan fingerprint density at radius 2 is 2.33 bits per heavy atom. The van der Waals surface area contributed by atoms with Crippen LogP contribution in [0, 0.1) is 11.8 Å². The van der Waals surface area contributed by atoms with E-state index in [0.717, 1.165) is 24.1 Å². The molecule has 3 heteroatoms. The van der Waals surface area contributed by atoms with Gasteiger partial charge < -0.3 is 10.7 Å². The third-order valence-corrected chi connectivity index (χ3v) is 4.32. The van der Waals surface area contributed by atoms with Crippen LogP contribution in [0.4, 0.5) is 0 Å². The molecule has 2 bridgehead atoms. The van der Waals surface area contributed by atoms with Gasteiger partial charge in [0.05, 0.1) is 5.54 Å². The van der Waals surface area contributed by atoms with Crippen molar-refractivity contribution in [1.29, 1.82) is 0 Å². The summed E-state index contributed by atoms with van der Waals surface area (Å²) in [7, 11) is 0. The zero-order valence-electron chi connectivity index (χ0n) is 10.6. The maximum Gasteiger partial charge on any atom is 0.248 e. The van der Waals surface area contributed by atoms with Crippen LogP contribution in [0.15, 0.2) is 41.2 Å². The number of aromatic amines is 1. The number of rotatable bonds is 1. The van der Waals surface area contributed by atoms with E-state index in [0.29, 0.717) is 5.92 Å². The summed E-state index contributed by atoms with van der Waals surface area (Å²) in [5.41, 5.74) is 9.62. The number of allylic oxidation sites excluding steroid dienone is 1. The summed E-state index contributed by atoms with van der Waals surface area (Å²) in [5, 5.41) is 0. The molecule has 0 aromatic carbocycles. The molecule has 0 saturated heterocycles. The van der Waals surface area contributed by atoms with Gasteiger partial charge in [0, 0.05) is 17.7 Å². The Kier molecular flexibility index (Phi) is 2.35. The maximum absolute atomic E-state index is 11.4. The summed E-state index contributed by atoms with van der Waals surface area (Å²) in [6.07, 6.45) is 5.94. The average molecular weight is 242 g/mol. The monoisotopic (exact) mass is 242 g/mol. The van der Waals surface area contributed by atoms with Crippen LogP contribution in [0.5, 0.6) is 0 Å². The number of aromatic nitrogens is 1. The molecule has 0 unspecified atom stereocenters. The van der Waals surface area contributed by atoms with E-state index >= 15 is 0 Å². The Labute approximate surface area is 106 Å². The standard InChI is InChI=1S/C15H18N2O/c1-3-11-10-6-9(2)8-15(11,16)12-4-5-14(18)17-13(12)7-10/h3-6,10-11H,1,7-8,16H2,2H3,(H,17,18)/t10-,11-,15+/m1/s1. The first-order valence-electron chi connectivity index (χ1n) is 6.36. The summed E-state index contributed by atoms with van der Waals surface area (Å²) in [5.74, 6) is 0.603. The Bertz CT molecular complexity index is 599. The quantitative estimate of drug-likeness (QED) is 0.738. The van der Waals surface area contributed by atoms with E-state index in [1.54, 1.807) is 6.07 Å². The van der Waals surface area contributed by atoms with Gasteiger partial charge in [0.15, 0.2) is 0 Å². The highest BCUT2D eigenvalue weighted by molar-refractivity contribution is 5.40. The molecule has 1 heterocycles. The second-order valence-electron chi connectivity index (χ2n) is 5.57. The highest BCUT2D eigenvalue weighted by Crippen LogP contribution is 2.48. The molecule has 3 rings (SSSR count). The molecule has 0 radical (unpaired) electrons. The van der Waals surface area contributed by atoms with Crippen molar-refractivity contribution in [3.63, 3.8) is 0 Å². The van der Waals surface area contributed by atoms with Crippen molar-refractivity contribution in [3.8, 4) is 0 Å². The molecule has 3 nitrogen and oxygen atoms in total. The lowest BCUT2D eigenvalue weighted by Gasteiger charge is -2.48. The minimum Gasteiger partial charge on any atom is -0.326 e. The average Bonchev–Trinajstić information content (AvgIpc) is 2.26. The van der Waals surface area contributed by atoms with Crippen molar-refractivity contribution in [3.05, 3.63) is 58.0 Å². The van der Waals surface area contributed by atoms with Gasteiger partial charge in [-0.05, 0) is 37.3 Å². The molecule has 0 saturated carbocycles. The number of nitrogens with one attached hydrogen (secondary N) is 1. The molecule has 0 fully saturated rings. The van der Waals surface area contributed by atoms with Crippen molar-refractivity contribution in [2.75, 3.05) is 0 Å². The van der Waals surface area contributed by atoms with E-state index in [1.807, 2.05) is 12.1 Å². The van der Waals surface area contributed by atoms with Crippen LogP contribution in [0.2, 0.25) is 0 Å². The van der Waals surface area contributed by atoms with Crippen LogP contribution in [-0.4, -0.2) is 4.98 Å². The van der Waals surface area contributed by atoms with E-state index in [1.165, 1.54) is 5.57 Å². The molecule has 1 aromatic rings. The predicted molar refractivity (Wildman–Crippen MR) is 72.2 cm³/mol. The third-order valence-electron chi connectivity index (χ3n) is 4.32. The molecular weight excluding hydrogens is 224 g/mol. The zero-order chi connectivity index (χ0) is 12.9. The predicted octanol–water partition coefficient (Wildman–Crippen LogP) is 1.85. The van der Waals surface area contributed by atoms with Gasteiger partial charge >= 0.3 is 0 Å². The molecule has 3 N–H and O–H groups in total. The lowest BCUT2D eigenvalue weighted by molar-refractivity contribution is 0.219. The second kappa shape index (κ2) is 3.69. The first kappa shape index (κ1) is 11.5. The van der Waals surface area contributed by atoms with Gasteiger partial charge in [-0.15, -0.1) is 6.58 Å². The zero-order valence-corrected chi connectivity index (χ0v) is 10.6. The van der Waals surface area contributed by atoms with E-state index in [-0.39, 0.29) is 11.5 Å². The Morgan fingerprint density at radius 1 is 1.56 bits per heavy atom. The van der Waals surface area contributed by atoms with Gasteiger partial charge in [-0.3, -0.25) is 4.79 Å². The van der Waals surface area contributed by atoms with Gasteiger partial charge in [-0.25, -0.2) is 0 Å². The van der Waals surface area contributed by atoms with Crippen LogP contribution in [-0.2, 0) is 12.0 Å². The van der Waals surface area contributed by atoms with Gasteiger partial charge in [-0.1, -0.05) is 17.7 Å². The minimum absolute atomic E-state index is 0.0480. The Hall–Kier alpha value is -1.61. The molecule has 2 aliphatic rings. The Balaban J connectivity index is 2.24. The van der Waals surface area contributed by atoms with Crippen LogP contribution in [0.25, 0.3) is 0 Å². The topological polar surface area (TPSA) is 58.9 Å². The number of fused-ring (bicyclic) bond motifs is 4. The fourth-order valence-electron chi connectivity index (χ4n) is 3.69. The van der Waals surface area contributed by atoms with Gasteiger partial charge in [0.2, 0.25) is 5.56 Å². The number of pyridine rings is 1. The van der Waals surface area contributed by atoms with E-state index in [9.17, 15) is 4.79 Å². The summed E-state index contributed by atoms with van der Waals surface area (Å²) in [6, 6.07) is 3.46. The SMILES string of the molecule is C=C[C@@H]1[C@@H]2C=C(C)C[C@@]1(N)c1ccc(=O)[nH]c1C2. The van der Waals surface area contributed by atoms with E-state index < -0.39 is 5.54 Å². The smallest absolute Gasteiger partial charge is 0.248 e. The van der Waals surface area contributed by atoms with Crippen molar-refractivity contribution in [2.24, 2.45) is 17.6 Å². The first-order valence-corrected chi connectivity index (χ1v) is 6.36. The lowest BCUT2D eigenvalue weighted by Crippen LogP contribution is -2.52. The summed E-state index contributed by atoms with van der Waals surface area (Å²) in [4.78, 5) is 14.4. The number of hydrogen-bond donors (Lipinski definition) is 2. The number of hydrogen-bond acceptors (Lipinski definition) is 2. The van der Waals surface area contributed by atoms with Crippen LogP contribution >= 0.6 is 0 Å². The largest absolute Gasteiger partial charge is 0.326 e.